The summed E-state index contributed by atoms with van der Waals surface area (Å²) in [6.07, 6.45) is 4.69. The van der Waals surface area contributed by atoms with Crippen molar-refractivity contribution in [3.63, 3.8) is 0 Å². The Balaban J connectivity index is 1.46. The first-order valence-electron chi connectivity index (χ1n) is 13.7. The molecular formula is C26H39N5O5S. The van der Waals surface area contributed by atoms with E-state index in [0.29, 0.717) is 38.8 Å². The lowest BCUT2D eigenvalue weighted by molar-refractivity contribution is -0.142. The highest BCUT2D eigenvalue weighted by molar-refractivity contribution is 7.91. The molecule has 37 heavy (non-hydrogen) atoms. The van der Waals surface area contributed by atoms with Crippen molar-refractivity contribution in [2.24, 2.45) is 29.1 Å². The van der Waals surface area contributed by atoms with Crippen LogP contribution in [0.25, 0.3) is 0 Å². The fourth-order valence-electron chi connectivity index (χ4n) is 7.31. The Kier molecular flexibility index (Phi) is 6.59. The van der Waals surface area contributed by atoms with Gasteiger partial charge in [0.05, 0.1) is 10.8 Å². The van der Waals surface area contributed by atoms with Gasteiger partial charge in [-0.1, -0.05) is 26.7 Å². The predicted octanol–water partition coefficient (Wildman–Crippen LogP) is 1.03. The van der Waals surface area contributed by atoms with E-state index in [0.717, 1.165) is 19.3 Å². The van der Waals surface area contributed by atoms with Gasteiger partial charge in [0.25, 0.3) is 0 Å². The molecule has 3 amide bonds. The van der Waals surface area contributed by atoms with Gasteiger partial charge in [0.1, 0.15) is 18.1 Å². The second kappa shape index (κ2) is 9.23. The lowest BCUT2D eigenvalue weighted by atomic mass is 9.55. The monoisotopic (exact) mass is 533 g/mol. The van der Waals surface area contributed by atoms with Crippen molar-refractivity contribution < 1.29 is 22.8 Å². The number of fused-ring (bicyclic) bond motifs is 4. The standard InChI is InChI=1S/C26H39N5O5S/c1-25(2)11-16-14-31-21(20(16)25)23(33)29-17(12-27)10-18-15(13-28-22(18)32)6-4-5-7-19(24(31)34)30-37(35,36)26(3)8-9-26/h15-21,30H,4-11,13-14H2,1-3H3,(H,28,32)(H,29,33)/t15-,16-,17-,18-,19-,20-,21-/m0/s1. The Hall–Kier alpha value is -2.19. The number of nitrogens with zero attached hydrogens (tertiary/aromatic N) is 2. The van der Waals surface area contributed by atoms with E-state index < -0.39 is 32.9 Å². The molecule has 0 bridgehead atoms. The number of hydrogen-bond donors (Lipinski definition) is 3. The van der Waals surface area contributed by atoms with Gasteiger partial charge in [-0.15, -0.1) is 0 Å². The minimum Gasteiger partial charge on any atom is -0.356 e. The summed E-state index contributed by atoms with van der Waals surface area (Å²) in [6.45, 7) is 6.81. The van der Waals surface area contributed by atoms with Crippen LogP contribution in [0.15, 0.2) is 0 Å². The van der Waals surface area contributed by atoms with Crippen molar-refractivity contribution >= 4 is 27.7 Å². The smallest absolute Gasteiger partial charge is 0.244 e. The van der Waals surface area contributed by atoms with E-state index in [1.165, 1.54) is 0 Å². The third-order valence-corrected chi connectivity index (χ3v) is 12.1. The molecule has 2 aliphatic carbocycles. The number of carbonyl (C=O) groups excluding carboxylic acids is 3. The summed E-state index contributed by atoms with van der Waals surface area (Å²) in [5.74, 6) is -1.04. The fourth-order valence-corrected chi connectivity index (χ4v) is 8.83. The van der Waals surface area contributed by atoms with Crippen LogP contribution in [0.3, 0.4) is 0 Å². The summed E-state index contributed by atoms with van der Waals surface area (Å²) in [6, 6.07) is -0.383. The molecule has 11 heteroatoms. The zero-order valence-electron chi connectivity index (χ0n) is 22.0. The Morgan fingerprint density at radius 3 is 2.41 bits per heavy atom. The number of carbonyl (C=O) groups is 3. The van der Waals surface area contributed by atoms with Crippen LogP contribution in [0.2, 0.25) is 0 Å². The predicted molar refractivity (Wildman–Crippen MR) is 135 cm³/mol. The summed E-state index contributed by atoms with van der Waals surface area (Å²) in [7, 11) is -3.70. The molecule has 10 nitrogen and oxygen atoms in total. The summed E-state index contributed by atoms with van der Waals surface area (Å²) < 4.78 is 28.1. The van der Waals surface area contributed by atoms with Gasteiger partial charge in [-0.2, -0.15) is 5.26 Å². The number of nitrogens with one attached hydrogen (secondary N) is 3. The molecule has 0 aromatic rings. The first-order chi connectivity index (χ1) is 17.4. The summed E-state index contributed by atoms with van der Waals surface area (Å²) in [5, 5.41) is 15.6. The second-order valence-corrected chi connectivity index (χ2v) is 15.1. The van der Waals surface area contributed by atoms with Crippen molar-refractivity contribution in [2.45, 2.75) is 95.0 Å². The van der Waals surface area contributed by atoms with Crippen LogP contribution in [-0.4, -0.2) is 67.0 Å². The molecule has 3 N–H and O–H groups in total. The Bertz CT molecular complexity index is 1130. The first kappa shape index (κ1) is 26.4. The lowest BCUT2D eigenvalue weighted by Gasteiger charge is -2.49. The molecule has 0 radical (unpaired) electrons. The molecule has 3 saturated heterocycles. The van der Waals surface area contributed by atoms with E-state index in [1.807, 2.05) is 0 Å². The van der Waals surface area contributed by atoms with Crippen molar-refractivity contribution in [1.29, 1.82) is 5.26 Å². The third-order valence-electron chi connectivity index (χ3n) is 9.78. The van der Waals surface area contributed by atoms with E-state index in [9.17, 15) is 28.1 Å². The Morgan fingerprint density at radius 1 is 1.05 bits per heavy atom. The fraction of sp³-hybridized carbons (Fsp3) is 0.846. The zero-order valence-corrected chi connectivity index (χ0v) is 22.8. The zero-order chi connectivity index (χ0) is 26.8. The molecule has 0 aromatic heterocycles. The first-order valence-corrected chi connectivity index (χ1v) is 15.2. The van der Waals surface area contributed by atoms with E-state index in [1.54, 1.807) is 11.8 Å². The van der Waals surface area contributed by atoms with E-state index in [4.69, 9.17) is 0 Å². The topological polar surface area (TPSA) is 148 Å². The van der Waals surface area contributed by atoms with Crippen molar-refractivity contribution in [2.75, 3.05) is 13.1 Å². The summed E-state index contributed by atoms with van der Waals surface area (Å²) >= 11 is 0. The quantitative estimate of drug-likeness (QED) is 0.494. The average molecular weight is 534 g/mol. The number of sulfonamides is 1. The maximum atomic E-state index is 14.0. The molecule has 204 valence electrons. The van der Waals surface area contributed by atoms with Gasteiger partial charge < -0.3 is 15.5 Å². The highest BCUT2D eigenvalue weighted by atomic mass is 32.2. The van der Waals surface area contributed by atoms with Crippen LogP contribution < -0.4 is 15.4 Å². The Labute approximate surface area is 219 Å². The van der Waals surface area contributed by atoms with Crippen molar-refractivity contribution in [1.82, 2.24) is 20.3 Å². The Morgan fingerprint density at radius 2 is 1.76 bits per heavy atom. The van der Waals surface area contributed by atoms with Crippen molar-refractivity contribution in [3.05, 3.63) is 0 Å². The normalized spacial score (nSPS) is 39.1. The largest absolute Gasteiger partial charge is 0.356 e. The molecule has 0 spiro atoms. The summed E-state index contributed by atoms with van der Waals surface area (Å²) in [5.41, 5.74) is -0.151. The molecule has 5 fully saturated rings. The summed E-state index contributed by atoms with van der Waals surface area (Å²) in [4.78, 5) is 41.8. The van der Waals surface area contributed by atoms with Crippen LogP contribution in [0.1, 0.15) is 72.1 Å². The van der Waals surface area contributed by atoms with Gasteiger partial charge in [-0.3, -0.25) is 14.4 Å². The number of rotatable bonds is 3. The molecule has 5 rings (SSSR count). The van der Waals surface area contributed by atoms with E-state index >= 15 is 0 Å². The minimum absolute atomic E-state index is 0.0392. The van der Waals surface area contributed by atoms with Crippen LogP contribution in [0, 0.1) is 40.4 Å². The number of nitriles is 1. The molecule has 5 aliphatic rings. The van der Waals surface area contributed by atoms with Gasteiger partial charge in [0, 0.05) is 19.0 Å². The maximum Gasteiger partial charge on any atom is 0.244 e. The van der Waals surface area contributed by atoms with Gasteiger partial charge >= 0.3 is 0 Å². The molecule has 7 atom stereocenters. The van der Waals surface area contributed by atoms with E-state index in [2.05, 4.69) is 35.3 Å². The number of hydrogen-bond acceptors (Lipinski definition) is 6. The molecule has 0 unspecified atom stereocenters. The van der Waals surface area contributed by atoms with Gasteiger partial charge in [-0.25, -0.2) is 13.1 Å². The highest BCUT2D eigenvalue weighted by Gasteiger charge is 2.61. The van der Waals surface area contributed by atoms with Crippen LogP contribution in [0.5, 0.6) is 0 Å². The SMILES string of the molecule is CC1(C)C[C@H]2CN3C(=O)[C@@H](NS(=O)(=O)C4(C)CC4)CCCC[C@H]4CNC(=O)[C@H]4C[C@@H](C#N)NC(=O)[C@@H]3[C@H]21. The van der Waals surface area contributed by atoms with Crippen molar-refractivity contribution in [3.8, 4) is 6.07 Å². The number of amides is 3. The molecule has 0 aromatic carbocycles. The highest BCUT2D eigenvalue weighted by Crippen LogP contribution is 2.57. The minimum atomic E-state index is -3.70. The molecule has 2 saturated carbocycles. The molecular weight excluding hydrogens is 494 g/mol. The van der Waals surface area contributed by atoms with Gasteiger partial charge in [0.2, 0.25) is 27.7 Å². The maximum absolute atomic E-state index is 14.0. The van der Waals surface area contributed by atoms with Gasteiger partial charge in [0.15, 0.2) is 0 Å². The third kappa shape index (κ3) is 4.65. The van der Waals surface area contributed by atoms with Gasteiger partial charge in [-0.05, 0) is 68.6 Å². The van der Waals surface area contributed by atoms with Crippen LogP contribution in [0.4, 0.5) is 0 Å². The second-order valence-electron chi connectivity index (χ2n) is 12.9. The molecule has 3 heterocycles. The van der Waals surface area contributed by atoms with Crippen LogP contribution >= 0.6 is 0 Å². The molecule has 3 aliphatic heterocycles. The van der Waals surface area contributed by atoms with E-state index in [-0.39, 0.29) is 53.2 Å². The lowest BCUT2D eigenvalue weighted by Crippen LogP contribution is -2.58. The van der Waals surface area contributed by atoms with Crippen LogP contribution in [-0.2, 0) is 24.4 Å². The average Bonchev–Trinajstić information content (AvgIpc) is 3.38.